The molecule has 4 heterocycles. The number of hydrogen-bond acceptors (Lipinski definition) is 4. The summed E-state index contributed by atoms with van der Waals surface area (Å²) in [5, 5.41) is 9.66. The van der Waals surface area contributed by atoms with Crippen LogP contribution in [0.1, 0.15) is 0 Å². The zero-order valence-corrected chi connectivity index (χ0v) is 26.2. The lowest BCUT2D eigenvalue weighted by Crippen LogP contribution is -2.03. The van der Waals surface area contributed by atoms with E-state index in [0.717, 1.165) is 67.1 Å². The fourth-order valence-corrected chi connectivity index (χ4v) is 7.07. The molecule has 230 valence electrons. The van der Waals surface area contributed by atoms with E-state index in [9.17, 15) is 0 Å². The maximum atomic E-state index is 5.04. The Morgan fingerprint density at radius 3 is 1.49 bits per heavy atom. The maximum Gasteiger partial charge on any atom is 0.182 e. The Labute approximate surface area is 281 Å². The number of nitrogens with zero attached hydrogens (tertiary/aromatic N) is 7. The van der Waals surface area contributed by atoms with Crippen molar-refractivity contribution in [1.29, 1.82) is 0 Å². The largest absolute Gasteiger partial charge is 0.294 e. The highest BCUT2D eigenvalue weighted by molar-refractivity contribution is 6.10. The molecule has 10 rings (SSSR count). The minimum Gasteiger partial charge on any atom is -0.294 e. The van der Waals surface area contributed by atoms with E-state index in [4.69, 9.17) is 20.1 Å². The molecule has 0 N–H and O–H groups in total. The van der Waals surface area contributed by atoms with Gasteiger partial charge in [-0.2, -0.15) is 0 Å². The second kappa shape index (κ2) is 10.9. The van der Waals surface area contributed by atoms with Gasteiger partial charge in [0.2, 0.25) is 0 Å². The number of aromatic nitrogens is 7. The zero-order valence-electron chi connectivity index (χ0n) is 26.2. The molecule has 4 aromatic heterocycles. The van der Waals surface area contributed by atoms with Crippen molar-refractivity contribution in [3.8, 4) is 40.1 Å². The van der Waals surface area contributed by atoms with Gasteiger partial charge in [-0.15, -0.1) is 5.10 Å². The Hall–Kier alpha value is -6.86. The molecule has 49 heavy (non-hydrogen) atoms. The van der Waals surface area contributed by atoms with Gasteiger partial charge in [0.25, 0.3) is 0 Å². The first kappa shape index (κ1) is 27.3. The van der Waals surface area contributed by atoms with Gasteiger partial charge in [-0.05, 0) is 36.4 Å². The highest BCUT2D eigenvalue weighted by Crippen LogP contribution is 2.36. The predicted molar refractivity (Wildman–Crippen MR) is 196 cm³/mol. The Balaban J connectivity index is 1.17. The minimum atomic E-state index is 0.681. The third kappa shape index (κ3) is 4.29. The molecule has 0 saturated heterocycles. The number of fused-ring (bicyclic) bond motifs is 6. The molecule has 7 heteroatoms. The fourth-order valence-electron chi connectivity index (χ4n) is 7.07. The van der Waals surface area contributed by atoms with Gasteiger partial charge in [0.15, 0.2) is 11.6 Å². The molecule has 6 aromatic carbocycles. The number of rotatable bonds is 5. The average molecular weight is 630 g/mol. The Bertz CT molecular complexity index is 2770. The maximum absolute atomic E-state index is 5.04. The summed E-state index contributed by atoms with van der Waals surface area (Å²) in [4.78, 5) is 14.7. The summed E-state index contributed by atoms with van der Waals surface area (Å²) in [5.41, 5.74) is 7.22. The molecule has 0 amide bonds. The van der Waals surface area contributed by atoms with Crippen LogP contribution in [0.2, 0.25) is 0 Å². The van der Waals surface area contributed by atoms with E-state index in [2.05, 4.69) is 118 Å². The number of benzene rings is 6. The molecular weight excluding hydrogens is 603 g/mol. The molecule has 0 unspecified atom stereocenters. The molecule has 10 aromatic rings. The Morgan fingerprint density at radius 2 is 0.898 bits per heavy atom. The standard InChI is InChI=1S/C42H27N7/c1-3-13-28(14-4-1)41-45-42(29-15-5-2-6-16-29)49(46-41)30-23-24-38-34(25-30)33-19-9-12-22-37(33)48(38)40-26-39(43-27-44-40)47-35-20-10-7-17-31(35)32-18-8-11-21-36(32)47/h1-27H. The SMILES string of the molecule is c1ccc(-c2nc(-c3ccccc3)n(-c3ccc4c(c3)c3ccccc3n4-c3cc(-n4c5ccccc5c5ccccc54)ncn3)n2)cc1. The zero-order chi connectivity index (χ0) is 32.3. The van der Waals surface area contributed by atoms with Crippen molar-refractivity contribution in [2.75, 3.05) is 0 Å². The summed E-state index contributed by atoms with van der Waals surface area (Å²) in [6.45, 7) is 0. The highest BCUT2D eigenvalue weighted by Gasteiger charge is 2.19. The van der Waals surface area contributed by atoms with Crippen LogP contribution in [-0.2, 0) is 0 Å². The van der Waals surface area contributed by atoms with E-state index in [1.807, 2.05) is 53.2 Å². The second-order valence-corrected chi connectivity index (χ2v) is 12.1. The Kier molecular flexibility index (Phi) is 6.04. The molecule has 0 atom stereocenters. The van der Waals surface area contributed by atoms with Gasteiger partial charge in [0, 0.05) is 38.7 Å². The average Bonchev–Trinajstić information content (AvgIpc) is 3.86. The van der Waals surface area contributed by atoms with Crippen LogP contribution in [0, 0.1) is 0 Å². The van der Waals surface area contributed by atoms with Crippen LogP contribution in [0.25, 0.3) is 83.7 Å². The third-order valence-corrected chi connectivity index (χ3v) is 9.25. The third-order valence-electron chi connectivity index (χ3n) is 9.25. The monoisotopic (exact) mass is 629 g/mol. The molecule has 0 fully saturated rings. The van der Waals surface area contributed by atoms with Crippen LogP contribution < -0.4 is 0 Å². The predicted octanol–water partition coefficient (Wildman–Crippen LogP) is 9.59. The minimum absolute atomic E-state index is 0.681. The van der Waals surface area contributed by atoms with Gasteiger partial charge in [0.1, 0.15) is 18.0 Å². The number of hydrogen-bond donors (Lipinski definition) is 0. The summed E-state index contributed by atoms with van der Waals surface area (Å²) in [5.74, 6) is 3.08. The summed E-state index contributed by atoms with van der Waals surface area (Å²) < 4.78 is 6.40. The Morgan fingerprint density at radius 1 is 0.408 bits per heavy atom. The smallest absolute Gasteiger partial charge is 0.182 e. The molecule has 0 aliphatic heterocycles. The first-order chi connectivity index (χ1) is 24.3. The van der Waals surface area contributed by atoms with Gasteiger partial charge in [-0.25, -0.2) is 19.6 Å². The van der Waals surface area contributed by atoms with Gasteiger partial charge in [-0.3, -0.25) is 9.13 Å². The molecule has 0 radical (unpaired) electrons. The van der Waals surface area contributed by atoms with Crippen molar-refractivity contribution in [1.82, 2.24) is 33.9 Å². The lowest BCUT2D eigenvalue weighted by Gasteiger charge is -2.11. The first-order valence-electron chi connectivity index (χ1n) is 16.2. The molecular formula is C42H27N7. The molecule has 0 spiro atoms. The molecule has 0 saturated carbocycles. The second-order valence-electron chi connectivity index (χ2n) is 12.1. The quantitative estimate of drug-likeness (QED) is 0.190. The lowest BCUT2D eigenvalue weighted by molar-refractivity contribution is 0.892. The van der Waals surface area contributed by atoms with E-state index in [-0.39, 0.29) is 0 Å². The van der Waals surface area contributed by atoms with Crippen molar-refractivity contribution < 1.29 is 0 Å². The topological polar surface area (TPSA) is 66.3 Å². The van der Waals surface area contributed by atoms with E-state index < -0.39 is 0 Å². The van der Waals surface area contributed by atoms with Gasteiger partial charge < -0.3 is 0 Å². The van der Waals surface area contributed by atoms with Crippen molar-refractivity contribution in [2.24, 2.45) is 0 Å². The van der Waals surface area contributed by atoms with Gasteiger partial charge in [-0.1, -0.05) is 115 Å². The molecule has 0 bridgehead atoms. The summed E-state index contributed by atoms with van der Waals surface area (Å²) >= 11 is 0. The molecule has 0 aliphatic carbocycles. The van der Waals surface area contributed by atoms with Gasteiger partial charge in [0.05, 0.1) is 27.8 Å². The fraction of sp³-hybridized carbons (Fsp3) is 0. The van der Waals surface area contributed by atoms with E-state index in [0.29, 0.717) is 5.82 Å². The van der Waals surface area contributed by atoms with Crippen LogP contribution in [0.15, 0.2) is 164 Å². The van der Waals surface area contributed by atoms with Crippen molar-refractivity contribution in [2.45, 2.75) is 0 Å². The summed E-state index contributed by atoms with van der Waals surface area (Å²) in [6.07, 6.45) is 1.66. The summed E-state index contributed by atoms with van der Waals surface area (Å²) in [7, 11) is 0. The van der Waals surface area contributed by atoms with E-state index in [1.165, 1.54) is 10.8 Å². The van der Waals surface area contributed by atoms with Crippen molar-refractivity contribution >= 4 is 43.6 Å². The van der Waals surface area contributed by atoms with Crippen LogP contribution in [0.3, 0.4) is 0 Å². The van der Waals surface area contributed by atoms with E-state index >= 15 is 0 Å². The van der Waals surface area contributed by atoms with Crippen molar-refractivity contribution in [3.05, 3.63) is 164 Å². The van der Waals surface area contributed by atoms with Crippen LogP contribution >= 0.6 is 0 Å². The van der Waals surface area contributed by atoms with Crippen LogP contribution in [0.4, 0.5) is 0 Å². The summed E-state index contributed by atoms with van der Waals surface area (Å²) in [6, 6.07) is 54.3. The number of para-hydroxylation sites is 3. The van der Waals surface area contributed by atoms with E-state index in [1.54, 1.807) is 6.33 Å². The first-order valence-corrected chi connectivity index (χ1v) is 16.2. The highest BCUT2D eigenvalue weighted by atomic mass is 15.4. The van der Waals surface area contributed by atoms with Crippen LogP contribution in [-0.4, -0.2) is 33.9 Å². The molecule has 0 aliphatic rings. The molecule has 7 nitrogen and oxygen atoms in total. The van der Waals surface area contributed by atoms with Gasteiger partial charge >= 0.3 is 0 Å². The normalized spacial score (nSPS) is 11.7. The van der Waals surface area contributed by atoms with Crippen molar-refractivity contribution in [3.63, 3.8) is 0 Å². The van der Waals surface area contributed by atoms with Crippen LogP contribution in [0.5, 0.6) is 0 Å². The lowest BCUT2D eigenvalue weighted by atomic mass is 10.1.